The van der Waals surface area contributed by atoms with Gasteiger partial charge in [0.15, 0.2) is 11.5 Å². The number of fused-ring (bicyclic) bond motifs is 1. The van der Waals surface area contributed by atoms with E-state index >= 15 is 0 Å². The molecule has 0 spiro atoms. The van der Waals surface area contributed by atoms with Gasteiger partial charge >= 0.3 is 11.7 Å². The number of H-pyrrole nitrogens is 1. The van der Waals surface area contributed by atoms with E-state index in [1.54, 1.807) is 31.4 Å². The summed E-state index contributed by atoms with van der Waals surface area (Å²) in [6, 6.07) is 6.97. The molecule has 0 atom stereocenters. The molecule has 3 aromatic rings. The Balaban J connectivity index is 1.71. The molecule has 12 heteroatoms. The van der Waals surface area contributed by atoms with Crippen LogP contribution in [0.2, 0.25) is 0 Å². The average Bonchev–Trinajstić information content (AvgIpc) is 3.10. The third-order valence-electron chi connectivity index (χ3n) is 4.50. The first-order chi connectivity index (χ1) is 15.5. The summed E-state index contributed by atoms with van der Waals surface area (Å²) in [5, 5.41) is 2.77. The summed E-state index contributed by atoms with van der Waals surface area (Å²) >= 11 is 0. The quantitative estimate of drug-likeness (QED) is 0.268. The normalized spacial score (nSPS) is 11.1. The number of anilines is 1. The number of imidazole rings is 1. The van der Waals surface area contributed by atoms with E-state index in [9.17, 15) is 9.59 Å². The van der Waals surface area contributed by atoms with E-state index < -0.39 is 0 Å². The van der Waals surface area contributed by atoms with Crippen LogP contribution in [0.1, 0.15) is 15.9 Å². The largest absolute Gasteiger partial charge is 0.461 e. The minimum Gasteiger partial charge on any atom is -0.461 e. The summed E-state index contributed by atoms with van der Waals surface area (Å²) in [5.41, 5.74) is 12.9. The standard InChI is InChI=1S/C20H27N7O5/c1-30-10-11-32-19-25-16(22)15-17(26-19)27(20(29)24-15)12-13-2-4-14(5-3-13)18(28)23-7-9-31-8-6-21/h2-5H,6-12,21H2,1H3,(H,23,28)(H,24,29)(H2,22,25,26). The number of nitrogens with one attached hydrogen (secondary N) is 2. The molecule has 6 N–H and O–H groups in total. The Kier molecular flexibility index (Phi) is 8.14. The summed E-state index contributed by atoms with van der Waals surface area (Å²) < 4.78 is 17.0. The second kappa shape index (κ2) is 11.2. The van der Waals surface area contributed by atoms with Crippen LogP contribution < -0.4 is 27.2 Å². The first-order valence-electron chi connectivity index (χ1n) is 10.1. The minimum atomic E-state index is -0.380. The van der Waals surface area contributed by atoms with Crippen molar-refractivity contribution in [3.63, 3.8) is 0 Å². The van der Waals surface area contributed by atoms with Crippen LogP contribution in [0, 0.1) is 0 Å². The van der Waals surface area contributed by atoms with Gasteiger partial charge < -0.3 is 36.0 Å². The van der Waals surface area contributed by atoms with Crippen molar-refractivity contribution in [1.29, 1.82) is 0 Å². The minimum absolute atomic E-state index is 0.0576. The Hall–Kier alpha value is -3.48. The maximum absolute atomic E-state index is 12.5. The lowest BCUT2D eigenvalue weighted by Crippen LogP contribution is -2.27. The maximum Gasteiger partial charge on any atom is 0.328 e. The van der Waals surface area contributed by atoms with E-state index in [4.69, 9.17) is 25.7 Å². The van der Waals surface area contributed by atoms with Gasteiger partial charge in [-0.3, -0.25) is 9.36 Å². The van der Waals surface area contributed by atoms with Crippen LogP contribution in [-0.4, -0.2) is 72.1 Å². The zero-order valence-corrected chi connectivity index (χ0v) is 17.8. The number of aromatic nitrogens is 4. The lowest BCUT2D eigenvalue weighted by molar-refractivity contribution is 0.0920. The number of carbonyl (C=O) groups excluding carboxylic acids is 1. The molecule has 0 saturated carbocycles. The molecule has 0 aliphatic heterocycles. The number of ether oxygens (including phenoxy) is 3. The SMILES string of the molecule is COCCOc1nc(N)c2[nH]c(=O)n(Cc3ccc(C(=O)NCCOCCN)cc3)c2n1. The predicted octanol–water partition coefficient (Wildman–Crippen LogP) is -0.520. The number of benzene rings is 1. The molecule has 12 nitrogen and oxygen atoms in total. The average molecular weight is 445 g/mol. The highest BCUT2D eigenvalue weighted by Gasteiger charge is 2.15. The van der Waals surface area contributed by atoms with Crippen molar-refractivity contribution < 1.29 is 19.0 Å². The van der Waals surface area contributed by atoms with Gasteiger partial charge in [-0.05, 0) is 17.7 Å². The molecule has 32 heavy (non-hydrogen) atoms. The summed E-state index contributed by atoms with van der Waals surface area (Å²) in [4.78, 5) is 35.7. The van der Waals surface area contributed by atoms with Crippen LogP contribution >= 0.6 is 0 Å². The lowest BCUT2D eigenvalue weighted by atomic mass is 10.1. The smallest absolute Gasteiger partial charge is 0.328 e. The molecule has 0 unspecified atom stereocenters. The zero-order valence-electron chi connectivity index (χ0n) is 17.8. The number of methoxy groups -OCH3 is 1. The third kappa shape index (κ3) is 5.81. The first kappa shape index (κ1) is 23.2. The van der Waals surface area contributed by atoms with E-state index in [2.05, 4.69) is 20.3 Å². The second-order valence-electron chi connectivity index (χ2n) is 6.80. The molecule has 0 aliphatic rings. The van der Waals surface area contributed by atoms with Crippen LogP contribution in [0.15, 0.2) is 29.1 Å². The van der Waals surface area contributed by atoms with Gasteiger partial charge in [-0.2, -0.15) is 9.97 Å². The fourth-order valence-corrected chi connectivity index (χ4v) is 2.93. The summed E-state index contributed by atoms with van der Waals surface area (Å²) in [6.45, 7) is 2.51. The number of hydrogen-bond donors (Lipinski definition) is 4. The van der Waals surface area contributed by atoms with E-state index in [0.29, 0.717) is 49.6 Å². The van der Waals surface area contributed by atoms with Crippen molar-refractivity contribution in [2.75, 3.05) is 52.4 Å². The predicted molar refractivity (Wildman–Crippen MR) is 118 cm³/mol. The number of carbonyl (C=O) groups is 1. The Morgan fingerprint density at radius 2 is 1.94 bits per heavy atom. The molecule has 2 aromatic heterocycles. The highest BCUT2D eigenvalue weighted by Crippen LogP contribution is 2.18. The van der Waals surface area contributed by atoms with E-state index in [-0.39, 0.29) is 36.6 Å². The van der Waals surface area contributed by atoms with Crippen LogP contribution in [0.4, 0.5) is 5.82 Å². The Bertz CT molecular complexity index is 1090. The fraction of sp³-hybridized carbons (Fsp3) is 0.400. The molecular weight excluding hydrogens is 418 g/mol. The number of amides is 1. The molecular formula is C20H27N7O5. The highest BCUT2D eigenvalue weighted by molar-refractivity contribution is 5.94. The van der Waals surface area contributed by atoms with Gasteiger partial charge in [-0.1, -0.05) is 12.1 Å². The van der Waals surface area contributed by atoms with E-state index in [0.717, 1.165) is 5.56 Å². The van der Waals surface area contributed by atoms with Crippen molar-refractivity contribution >= 4 is 22.9 Å². The van der Waals surface area contributed by atoms with Crippen molar-refractivity contribution in [2.24, 2.45) is 5.73 Å². The van der Waals surface area contributed by atoms with Crippen molar-refractivity contribution in [3.8, 4) is 6.01 Å². The van der Waals surface area contributed by atoms with E-state index in [1.807, 2.05) is 0 Å². The van der Waals surface area contributed by atoms with E-state index in [1.165, 1.54) is 4.57 Å². The first-order valence-corrected chi connectivity index (χ1v) is 10.1. The number of rotatable bonds is 12. The van der Waals surface area contributed by atoms with Gasteiger partial charge in [-0.25, -0.2) is 4.79 Å². The molecule has 0 fully saturated rings. The van der Waals surface area contributed by atoms with Gasteiger partial charge in [0.25, 0.3) is 5.91 Å². The maximum atomic E-state index is 12.5. The molecule has 0 saturated heterocycles. The molecule has 3 rings (SSSR count). The monoisotopic (exact) mass is 445 g/mol. The number of nitrogen functional groups attached to an aromatic ring is 1. The second-order valence-corrected chi connectivity index (χ2v) is 6.80. The van der Waals surface area contributed by atoms with Gasteiger partial charge in [0, 0.05) is 25.8 Å². The molecule has 172 valence electrons. The topological polar surface area (TPSA) is 172 Å². The van der Waals surface area contributed by atoms with Crippen LogP contribution in [-0.2, 0) is 16.0 Å². The highest BCUT2D eigenvalue weighted by atomic mass is 16.5. The third-order valence-corrected chi connectivity index (χ3v) is 4.50. The molecule has 1 aromatic carbocycles. The van der Waals surface area contributed by atoms with Crippen LogP contribution in [0.3, 0.4) is 0 Å². The van der Waals surface area contributed by atoms with Crippen molar-refractivity contribution in [2.45, 2.75) is 6.54 Å². The van der Waals surface area contributed by atoms with Gasteiger partial charge in [0.1, 0.15) is 12.1 Å². The Labute approximate surface area is 183 Å². The van der Waals surface area contributed by atoms with Crippen molar-refractivity contribution in [3.05, 3.63) is 45.9 Å². The summed E-state index contributed by atoms with van der Waals surface area (Å²) in [7, 11) is 1.55. The number of aromatic amines is 1. The van der Waals surface area contributed by atoms with Crippen LogP contribution in [0.25, 0.3) is 11.2 Å². The number of hydrogen-bond acceptors (Lipinski definition) is 9. The number of nitrogens with zero attached hydrogens (tertiary/aromatic N) is 3. The summed E-state index contributed by atoms with van der Waals surface area (Å²) in [6.07, 6.45) is 0. The summed E-state index contributed by atoms with van der Waals surface area (Å²) in [5.74, 6) is -0.101. The van der Waals surface area contributed by atoms with Crippen LogP contribution in [0.5, 0.6) is 6.01 Å². The molecule has 0 radical (unpaired) electrons. The molecule has 2 heterocycles. The molecule has 1 amide bonds. The zero-order chi connectivity index (χ0) is 22.9. The Morgan fingerprint density at radius 1 is 1.16 bits per heavy atom. The molecule has 0 aliphatic carbocycles. The lowest BCUT2D eigenvalue weighted by Gasteiger charge is -2.08. The molecule has 0 bridgehead atoms. The van der Waals surface area contributed by atoms with Gasteiger partial charge in [0.05, 0.1) is 26.4 Å². The van der Waals surface area contributed by atoms with Gasteiger partial charge in [0.2, 0.25) is 0 Å². The Morgan fingerprint density at radius 3 is 2.66 bits per heavy atom. The fourth-order valence-electron chi connectivity index (χ4n) is 2.93. The number of nitrogens with two attached hydrogens (primary N) is 2. The van der Waals surface area contributed by atoms with Gasteiger partial charge in [-0.15, -0.1) is 0 Å². The van der Waals surface area contributed by atoms with Crippen molar-refractivity contribution in [1.82, 2.24) is 24.8 Å².